The number of para-hydroxylation sites is 2. The third kappa shape index (κ3) is 4.15. The summed E-state index contributed by atoms with van der Waals surface area (Å²) in [6.45, 7) is 4.74. The van der Waals surface area contributed by atoms with Crippen LogP contribution in [-0.2, 0) is 10.8 Å². The lowest BCUT2D eigenvalue weighted by Crippen LogP contribution is -2.44. The molecule has 3 aliphatic rings. The Morgan fingerprint density at radius 1 is 0.604 bits per heavy atom. The van der Waals surface area contributed by atoms with Crippen LogP contribution in [0.3, 0.4) is 0 Å². The molecule has 6 aromatic rings. The first-order valence-corrected chi connectivity index (χ1v) is 16.7. The lowest BCUT2D eigenvalue weighted by atomic mass is 9.52. The summed E-state index contributed by atoms with van der Waals surface area (Å²) in [5, 5.41) is 0. The molecule has 1 unspecified atom stereocenters. The van der Waals surface area contributed by atoms with Crippen molar-refractivity contribution < 1.29 is 4.74 Å². The standard InChI is InChI=1S/C44H35N3O/c1-43(2)33-16-3-5-18-35(33)44(42-23-10-12-27-46-42,36-19-6-4-17-34(36)43)31-24-25-41-39(29-31)47(38-21-7-8-22-40(38)48-41)32-15-13-14-30(28-32)37-20-9-11-26-45-37/h3,5,7-29H,4,6H2,1-2H3. The molecule has 4 nitrogen and oxygen atoms in total. The maximum Gasteiger partial charge on any atom is 0.151 e. The molecule has 0 saturated heterocycles. The van der Waals surface area contributed by atoms with Gasteiger partial charge in [0.2, 0.25) is 0 Å². The van der Waals surface area contributed by atoms with Crippen LogP contribution in [0.25, 0.3) is 11.3 Å². The van der Waals surface area contributed by atoms with Crippen molar-refractivity contribution in [2.45, 2.75) is 37.5 Å². The number of rotatable bonds is 4. The highest BCUT2D eigenvalue weighted by Crippen LogP contribution is 2.60. The maximum atomic E-state index is 6.64. The van der Waals surface area contributed by atoms with Crippen molar-refractivity contribution in [2.24, 2.45) is 0 Å². The Kier molecular flexibility index (Phi) is 6.48. The van der Waals surface area contributed by atoms with E-state index < -0.39 is 5.41 Å². The first-order valence-electron chi connectivity index (χ1n) is 16.7. The van der Waals surface area contributed by atoms with Gasteiger partial charge in [-0.15, -0.1) is 0 Å². The summed E-state index contributed by atoms with van der Waals surface area (Å²) in [7, 11) is 0. The Hall–Kier alpha value is -5.74. The second-order valence-electron chi connectivity index (χ2n) is 13.3. The minimum absolute atomic E-state index is 0.144. The number of pyridine rings is 2. The molecule has 0 radical (unpaired) electrons. The van der Waals surface area contributed by atoms with Gasteiger partial charge in [0.1, 0.15) is 0 Å². The third-order valence-corrected chi connectivity index (χ3v) is 10.3. The zero-order valence-electron chi connectivity index (χ0n) is 27.1. The van der Waals surface area contributed by atoms with E-state index in [0.717, 1.165) is 63.9 Å². The summed E-state index contributed by atoms with van der Waals surface area (Å²) in [5.41, 5.74) is 11.8. The summed E-state index contributed by atoms with van der Waals surface area (Å²) in [6.07, 6.45) is 10.8. The van der Waals surface area contributed by atoms with Crippen LogP contribution in [0.4, 0.5) is 17.1 Å². The number of anilines is 3. The molecule has 2 aromatic heterocycles. The first kappa shape index (κ1) is 28.5. The van der Waals surface area contributed by atoms with Gasteiger partial charge >= 0.3 is 0 Å². The van der Waals surface area contributed by atoms with Crippen molar-refractivity contribution in [2.75, 3.05) is 4.90 Å². The van der Waals surface area contributed by atoms with Gasteiger partial charge in [0.25, 0.3) is 0 Å². The molecule has 9 rings (SSSR count). The molecule has 0 spiro atoms. The fourth-order valence-electron chi connectivity index (χ4n) is 8.19. The highest BCUT2D eigenvalue weighted by Gasteiger charge is 2.52. The van der Waals surface area contributed by atoms with Crippen LogP contribution in [0, 0.1) is 0 Å². The van der Waals surface area contributed by atoms with E-state index >= 15 is 0 Å². The minimum Gasteiger partial charge on any atom is -0.453 e. The topological polar surface area (TPSA) is 38.2 Å². The molecule has 0 amide bonds. The summed E-state index contributed by atoms with van der Waals surface area (Å²) >= 11 is 0. The number of allylic oxidation sites excluding steroid dienone is 4. The summed E-state index contributed by atoms with van der Waals surface area (Å²) in [4.78, 5) is 12.1. The highest BCUT2D eigenvalue weighted by atomic mass is 16.5. The zero-order valence-corrected chi connectivity index (χ0v) is 27.1. The number of fused-ring (bicyclic) bond motifs is 4. The zero-order chi connectivity index (χ0) is 32.3. The average molecular weight is 622 g/mol. The van der Waals surface area contributed by atoms with Crippen LogP contribution in [0.2, 0.25) is 0 Å². The van der Waals surface area contributed by atoms with Crippen molar-refractivity contribution in [1.82, 2.24) is 9.97 Å². The van der Waals surface area contributed by atoms with E-state index in [4.69, 9.17) is 9.72 Å². The summed E-state index contributed by atoms with van der Waals surface area (Å²) < 4.78 is 6.64. The average Bonchev–Trinajstić information content (AvgIpc) is 3.15. The number of benzene rings is 4. The molecule has 1 atom stereocenters. The maximum absolute atomic E-state index is 6.64. The Bertz CT molecular complexity index is 2250. The molecule has 3 heterocycles. The second kappa shape index (κ2) is 10.9. The summed E-state index contributed by atoms with van der Waals surface area (Å²) in [6, 6.07) is 45.0. The molecule has 48 heavy (non-hydrogen) atoms. The monoisotopic (exact) mass is 621 g/mol. The molecular formula is C44H35N3O. The SMILES string of the molecule is CC1(C)C2=CCCC=C2C(c2ccc3c(c2)N(c2cccc(-c4ccccn4)c2)c2ccccc2O3)(c2ccccn2)c2ccccc21. The lowest BCUT2D eigenvalue weighted by Gasteiger charge is -2.50. The van der Waals surface area contributed by atoms with Gasteiger partial charge in [-0.1, -0.05) is 92.7 Å². The smallest absolute Gasteiger partial charge is 0.151 e. The van der Waals surface area contributed by atoms with Crippen LogP contribution in [0.15, 0.2) is 163 Å². The molecule has 0 saturated carbocycles. The Balaban J connectivity index is 1.33. The van der Waals surface area contributed by atoms with Gasteiger partial charge in [0, 0.05) is 29.1 Å². The Morgan fingerprint density at radius 3 is 2.15 bits per heavy atom. The van der Waals surface area contributed by atoms with E-state index in [9.17, 15) is 0 Å². The van der Waals surface area contributed by atoms with Crippen LogP contribution in [0.5, 0.6) is 11.5 Å². The fourth-order valence-corrected chi connectivity index (χ4v) is 8.19. The van der Waals surface area contributed by atoms with Crippen LogP contribution < -0.4 is 9.64 Å². The van der Waals surface area contributed by atoms with E-state index in [0.29, 0.717) is 0 Å². The molecule has 4 aromatic carbocycles. The van der Waals surface area contributed by atoms with E-state index in [1.807, 2.05) is 42.7 Å². The van der Waals surface area contributed by atoms with E-state index in [1.165, 1.54) is 22.3 Å². The van der Waals surface area contributed by atoms with E-state index in [-0.39, 0.29) is 5.41 Å². The number of aromatic nitrogens is 2. The molecule has 0 N–H and O–H groups in total. The van der Waals surface area contributed by atoms with Crippen molar-refractivity contribution in [3.8, 4) is 22.8 Å². The minimum atomic E-state index is -0.618. The molecule has 4 heteroatoms. The van der Waals surface area contributed by atoms with Crippen molar-refractivity contribution in [3.05, 3.63) is 185 Å². The van der Waals surface area contributed by atoms with Crippen molar-refractivity contribution in [3.63, 3.8) is 0 Å². The van der Waals surface area contributed by atoms with E-state index in [2.05, 4.69) is 133 Å². The second-order valence-corrected chi connectivity index (χ2v) is 13.3. The lowest BCUT2D eigenvalue weighted by molar-refractivity contribution is 0.475. The normalized spacial score (nSPS) is 18.7. The number of ether oxygens (including phenoxy) is 1. The van der Waals surface area contributed by atoms with Crippen LogP contribution >= 0.6 is 0 Å². The van der Waals surface area contributed by atoms with Crippen molar-refractivity contribution >= 4 is 17.1 Å². The van der Waals surface area contributed by atoms with Crippen LogP contribution in [0.1, 0.15) is 49.1 Å². The molecule has 0 fully saturated rings. The van der Waals surface area contributed by atoms with Crippen LogP contribution in [-0.4, -0.2) is 9.97 Å². The van der Waals surface area contributed by atoms with Gasteiger partial charge in [0.15, 0.2) is 11.5 Å². The fraction of sp³-hybridized carbons (Fsp3) is 0.136. The molecule has 232 valence electrons. The number of hydrogen-bond donors (Lipinski definition) is 0. The third-order valence-electron chi connectivity index (χ3n) is 10.3. The van der Waals surface area contributed by atoms with Gasteiger partial charge in [0.05, 0.1) is 28.2 Å². The predicted molar refractivity (Wildman–Crippen MR) is 193 cm³/mol. The first-order chi connectivity index (χ1) is 23.6. The van der Waals surface area contributed by atoms with Gasteiger partial charge in [-0.2, -0.15) is 0 Å². The Labute approximate surface area is 281 Å². The molecular weight excluding hydrogens is 587 g/mol. The predicted octanol–water partition coefficient (Wildman–Crippen LogP) is 11.0. The molecule has 0 bridgehead atoms. The van der Waals surface area contributed by atoms with Gasteiger partial charge in [-0.25, -0.2) is 0 Å². The van der Waals surface area contributed by atoms with Gasteiger partial charge in [-0.3, -0.25) is 9.97 Å². The quantitative estimate of drug-likeness (QED) is 0.196. The molecule has 2 aliphatic carbocycles. The van der Waals surface area contributed by atoms with E-state index in [1.54, 1.807) is 0 Å². The Morgan fingerprint density at radius 2 is 1.33 bits per heavy atom. The van der Waals surface area contributed by atoms with Gasteiger partial charge < -0.3 is 9.64 Å². The summed E-state index contributed by atoms with van der Waals surface area (Å²) in [5.74, 6) is 1.64. The van der Waals surface area contributed by atoms with Gasteiger partial charge in [-0.05, 0) is 101 Å². The number of nitrogens with zero attached hydrogens (tertiary/aromatic N) is 3. The number of hydrogen-bond acceptors (Lipinski definition) is 4. The van der Waals surface area contributed by atoms with Crippen molar-refractivity contribution in [1.29, 1.82) is 0 Å². The highest BCUT2D eigenvalue weighted by molar-refractivity contribution is 5.88. The largest absolute Gasteiger partial charge is 0.453 e. The molecule has 1 aliphatic heterocycles.